The lowest BCUT2D eigenvalue weighted by molar-refractivity contribution is 0.114. The number of nitrogens with zero attached hydrogens (tertiary/aromatic N) is 1. The first-order valence-corrected chi connectivity index (χ1v) is 4.68. The molecule has 0 heterocycles. The fraction of sp³-hybridized carbons (Fsp3) is 0.600. The summed E-state index contributed by atoms with van der Waals surface area (Å²) in [5, 5.41) is 8.45. The Morgan fingerprint density at radius 1 is 1.57 bits per heavy atom. The lowest BCUT2D eigenvalue weighted by atomic mass is 9.87. The summed E-state index contributed by atoms with van der Waals surface area (Å²) in [6.45, 7) is 0.292. The maximum atomic E-state index is 10.5. The van der Waals surface area contributed by atoms with Crippen LogP contribution in [-0.2, 0) is 4.74 Å². The first-order valence-electron chi connectivity index (χ1n) is 4.68. The van der Waals surface area contributed by atoms with Gasteiger partial charge in [0.2, 0.25) is 0 Å². The first kappa shape index (κ1) is 10.6. The van der Waals surface area contributed by atoms with E-state index in [4.69, 9.17) is 15.7 Å². The second kappa shape index (κ2) is 4.66. The van der Waals surface area contributed by atoms with E-state index in [-0.39, 0.29) is 5.41 Å². The minimum Gasteiger partial charge on any atom is -0.449 e. The summed E-state index contributed by atoms with van der Waals surface area (Å²) in [6.07, 6.45) is 6.67. The summed E-state index contributed by atoms with van der Waals surface area (Å²) in [7, 11) is 0. The van der Waals surface area contributed by atoms with Crippen LogP contribution in [-0.4, -0.2) is 12.7 Å². The fourth-order valence-electron chi connectivity index (χ4n) is 1.87. The largest absolute Gasteiger partial charge is 0.449 e. The van der Waals surface area contributed by atoms with Crippen LogP contribution in [0.25, 0.3) is 0 Å². The van der Waals surface area contributed by atoms with Crippen molar-refractivity contribution in [3.63, 3.8) is 0 Å². The van der Waals surface area contributed by atoms with Gasteiger partial charge in [-0.1, -0.05) is 18.9 Å². The molecule has 4 nitrogen and oxygen atoms in total. The van der Waals surface area contributed by atoms with Crippen LogP contribution in [0.5, 0.6) is 0 Å². The van der Waals surface area contributed by atoms with Crippen molar-refractivity contribution < 1.29 is 9.53 Å². The Labute approximate surface area is 83.3 Å². The van der Waals surface area contributed by atoms with Crippen molar-refractivity contribution in [1.29, 1.82) is 5.26 Å². The van der Waals surface area contributed by atoms with Gasteiger partial charge < -0.3 is 10.5 Å². The smallest absolute Gasteiger partial charge is 0.404 e. The van der Waals surface area contributed by atoms with E-state index in [0.717, 1.165) is 25.7 Å². The van der Waals surface area contributed by atoms with E-state index in [9.17, 15) is 4.79 Å². The molecule has 0 aromatic heterocycles. The number of amides is 1. The number of carbonyl (C=O) groups excluding carboxylic acids is 1. The summed E-state index contributed by atoms with van der Waals surface area (Å²) < 4.78 is 4.80. The highest BCUT2D eigenvalue weighted by molar-refractivity contribution is 5.64. The van der Waals surface area contributed by atoms with Crippen LogP contribution in [0.15, 0.2) is 12.2 Å². The van der Waals surface area contributed by atoms with E-state index in [0.29, 0.717) is 6.61 Å². The molecule has 1 aliphatic carbocycles. The highest BCUT2D eigenvalue weighted by Gasteiger charge is 2.32. The molecule has 1 fully saturated rings. The van der Waals surface area contributed by atoms with Crippen LogP contribution < -0.4 is 5.73 Å². The molecule has 76 valence electrons. The van der Waals surface area contributed by atoms with Crippen LogP contribution in [0.3, 0.4) is 0 Å². The number of carbonyl (C=O) groups is 1. The molecule has 14 heavy (non-hydrogen) atoms. The van der Waals surface area contributed by atoms with Gasteiger partial charge in [-0.05, 0) is 12.8 Å². The molecule has 0 aromatic rings. The zero-order valence-electron chi connectivity index (χ0n) is 8.03. The van der Waals surface area contributed by atoms with Gasteiger partial charge in [0.1, 0.15) is 6.61 Å². The van der Waals surface area contributed by atoms with Crippen molar-refractivity contribution in [1.82, 2.24) is 0 Å². The van der Waals surface area contributed by atoms with E-state index in [1.807, 2.05) is 12.1 Å². The Morgan fingerprint density at radius 3 is 2.71 bits per heavy atom. The third kappa shape index (κ3) is 2.77. The van der Waals surface area contributed by atoms with Gasteiger partial charge in [0.25, 0.3) is 0 Å². The van der Waals surface area contributed by atoms with E-state index in [2.05, 4.69) is 0 Å². The van der Waals surface area contributed by atoms with Crippen molar-refractivity contribution in [3.8, 4) is 6.07 Å². The Hall–Kier alpha value is -1.50. The second-order valence-corrected chi connectivity index (χ2v) is 3.64. The normalized spacial score (nSPS) is 19.4. The predicted molar refractivity (Wildman–Crippen MR) is 51.2 cm³/mol. The number of allylic oxidation sites excluding steroid dienone is 1. The van der Waals surface area contributed by atoms with Gasteiger partial charge in [0, 0.05) is 11.5 Å². The molecule has 0 bridgehead atoms. The molecule has 0 radical (unpaired) electrons. The van der Waals surface area contributed by atoms with Crippen LogP contribution in [0.4, 0.5) is 4.79 Å². The van der Waals surface area contributed by atoms with Gasteiger partial charge in [0.05, 0.1) is 6.07 Å². The standard InChI is InChI=1S/C10H14N2O2/c11-7-3-6-10(4-1-2-5-10)8-14-9(12)13/h3,6H,1-2,4-5,8H2,(H2,12,13). The zero-order valence-corrected chi connectivity index (χ0v) is 8.03. The van der Waals surface area contributed by atoms with Gasteiger partial charge >= 0.3 is 6.09 Å². The molecule has 0 aromatic carbocycles. The molecule has 2 N–H and O–H groups in total. The maximum Gasteiger partial charge on any atom is 0.404 e. The average molecular weight is 194 g/mol. The van der Waals surface area contributed by atoms with Crippen molar-refractivity contribution in [2.24, 2.45) is 11.1 Å². The second-order valence-electron chi connectivity index (χ2n) is 3.64. The molecule has 1 amide bonds. The van der Waals surface area contributed by atoms with Gasteiger partial charge in [0.15, 0.2) is 0 Å². The topological polar surface area (TPSA) is 76.1 Å². The first-order chi connectivity index (χ1) is 6.68. The number of primary amides is 1. The molecule has 0 spiro atoms. The lowest BCUT2D eigenvalue weighted by Gasteiger charge is -2.23. The molecule has 1 aliphatic rings. The molecular formula is C10H14N2O2. The molecule has 4 heteroatoms. The van der Waals surface area contributed by atoms with Crippen molar-refractivity contribution >= 4 is 6.09 Å². The summed E-state index contributed by atoms with van der Waals surface area (Å²) in [6, 6.07) is 1.95. The number of ether oxygens (including phenoxy) is 1. The monoisotopic (exact) mass is 194 g/mol. The van der Waals surface area contributed by atoms with Crippen molar-refractivity contribution in [2.45, 2.75) is 25.7 Å². The molecular weight excluding hydrogens is 180 g/mol. The van der Waals surface area contributed by atoms with E-state index in [1.165, 1.54) is 6.08 Å². The number of rotatable bonds is 3. The number of hydrogen-bond donors (Lipinski definition) is 1. The maximum absolute atomic E-state index is 10.5. The third-order valence-electron chi connectivity index (χ3n) is 2.61. The Morgan fingerprint density at radius 2 is 2.21 bits per heavy atom. The average Bonchev–Trinajstić information content (AvgIpc) is 2.61. The summed E-state index contributed by atoms with van der Waals surface area (Å²) >= 11 is 0. The van der Waals surface area contributed by atoms with Crippen LogP contribution in [0.2, 0.25) is 0 Å². The van der Waals surface area contributed by atoms with Crippen molar-refractivity contribution in [3.05, 3.63) is 12.2 Å². The summed E-state index contributed by atoms with van der Waals surface area (Å²) in [4.78, 5) is 10.5. The SMILES string of the molecule is N#CC=CC1(COC(N)=O)CCCC1. The van der Waals surface area contributed by atoms with E-state index < -0.39 is 6.09 Å². The number of hydrogen-bond acceptors (Lipinski definition) is 3. The zero-order chi connectivity index (χ0) is 10.4. The molecule has 1 saturated carbocycles. The Kier molecular flexibility index (Phi) is 3.52. The molecule has 0 aliphatic heterocycles. The molecule has 1 rings (SSSR count). The minimum absolute atomic E-state index is 0.148. The Balaban J connectivity index is 2.58. The highest BCUT2D eigenvalue weighted by Crippen LogP contribution is 2.39. The predicted octanol–water partition coefficient (Wildman–Crippen LogP) is 1.72. The van der Waals surface area contributed by atoms with Crippen molar-refractivity contribution in [2.75, 3.05) is 6.61 Å². The molecule has 0 atom stereocenters. The fourth-order valence-corrected chi connectivity index (χ4v) is 1.87. The summed E-state index contributed by atoms with van der Waals surface area (Å²) in [5.74, 6) is 0. The quantitative estimate of drug-likeness (QED) is 0.695. The van der Waals surface area contributed by atoms with Gasteiger partial charge in [-0.15, -0.1) is 0 Å². The lowest BCUT2D eigenvalue weighted by Crippen LogP contribution is -2.25. The summed E-state index contributed by atoms with van der Waals surface area (Å²) in [5.41, 5.74) is 4.76. The van der Waals surface area contributed by atoms with Gasteiger partial charge in [-0.25, -0.2) is 4.79 Å². The van der Waals surface area contributed by atoms with E-state index in [1.54, 1.807) is 0 Å². The van der Waals surface area contributed by atoms with Crippen LogP contribution in [0.1, 0.15) is 25.7 Å². The van der Waals surface area contributed by atoms with Crippen LogP contribution in [0, 0.1) is 16.7 Å². The number of nitrogens with two attached hydrogens (primary N) is 1. The van der Waals surface area contributed by atoms with Gasteiger partial charge in [-0.3, -0.25) is 0 Å². The minimum atomic E-state index is -0.748. The van der Waals surface area contributed by atoms with E-state index >= 15 is 0 Å². The van der Waals surface area contributed by atoms with Gasteiger partial charge in [-0.2, -0.15) is 5.26 Å². The Bertz CT molecular complexity index is 272. The third-order valence-corrected chi connectivity index (χ3v) is 2.61. The molecule has 0 unspecified atom stereocenters. The molecule has 0 saturated heterocycles. The van der Waals surface area contributed by atoms with Crippen LogP contribution >= 0.6 is 0 Å². The number of nitriles is 1. The highest BCUT2D eigenvalue weighted by atomic mass is 16.5.